The van der Waals surface area contributed by atoms with E-state index in [0.717, 1.165) is 13.1 Å². The van der Waals surface area contributed by atoms with Gasteiger partial charge in [0.15, 0.2) is 0 Å². The molecule has 0 saturated heterocycles. The fourth-order valence-corrected chi connectivity index (χ4v) is 2.83. The zero-order chi connectivity index (χ0) is 12.9. The lowest BCUT2D eigenvalue weighted by atomic mass is 10.0. The minimum absolute atomic E-state index is 0.385. The smallest absolute Gasteiger partial charge is 0.0537 e. The maximum atomic E-state index is 4.26. The van der Waals surface area contributed by atoms with Crippen LogP contribution in [-0.2, 0) is 13.6 Å². The number of hydrogen-bond acceptors (Lipinski definition) is 3. The van der Waals surface area contributed by atoms with Crippen molar-refractivity contribution in [1.82, 2.24) is 15.1 Å². The molecular formula is C13H25N3S. The zero-order valence-electron chi connectivity index (χ0n) is 11.7. The van der Waals surface area contributed by atoms with Gasteiger partial charge in [0.2, 0.25) is 0 Å². The molecule has 98 valence electrons. The molecule has 0 radical (unpaired) electrons. The van der Waals surface area contributed by atoms with Crippen LogP contribution in [0, 0.1) is 6.92 Å². The second-order valence-electron chi connectivity index (χ2n) is 4.58. The molecule has 0 spiro atoms. The third-order valence-corrected chi connectivity index (χ3v) is 5.41. The molecule has 0 unspecified atom stereocenters. The molecule has 0 bridgehead atoms. The Labute approximate surface area is 109 Å². The van der Waals surface area contributed by atoms with Gasteiger partial charge in [-0.05, 0) is 26.0 Å². The molecule has 0 saturated carbocycles. The van der Waals surface area contributed by atoms with E-state index in [-0.39, 0.29) is 0 Å². The molecule has 0 aromatic carbocycles. The van der Waals surface area contributed by atoms with Crippen molar-refractivity contribution >= 4 is 11.8 Å². The molecule has 3 nitrogen and oxygen atoms in total. The number of rotatable bonds is 7. The lowest BCUT2D eigenvalue weighted by molar-refractivity contribution is 0.494. The normalized spacial score (nSPS) is 12.1. The molecule has 1 aromatic heterocycles. The number of hydrogen-bond donors (Lipinski definition) is 1. The predicted molar refractivity (Wildman–Crippen MR) is 76.5 cm³/mol. The van der Waals surface area contributed by atoms with Gasteiger partial charge in [-0.15, -0.1) is 0 Å². The number of aromatic nitrogens is 2. The number of aryl methyl sites for hydroxylation is 1. The SMILES string of the molecule is CCC(CC)(CNCc1cnn(C)c1C)SC. The summed E-state index contributed by atoms with van der Waals surface area (Å²) < 4.78 is 2.31. The van der Waals surface area contributed by atoms with Crippen LogP contribution in [0.5, 0.6) is 0 Å². The fraction of sp³-hybridized carbons (Fsp3) is 0.769. The number of nitrogens with zero attached hydrogens (tertiary/aromatic N) is 2. The first-order valence-corrected chi connectivity index (χ1v) is 7.54. The fourth-order valence-electron chi connectivity index (χ4n) is 2.00. The highest BCUT2D eigenvalue weighted by molar-refractivity contribution is 8.00. The van der Waals surface area contributed by atoms with Crippen LogP contribution >= 0.6 is 11.8 Å². The van der Waals surface area contributed by atoms with Gasteiger partial charge in [0.1, 0.15) is 0 Å². The van der Waals surface area contributed by atoms with Crippen LogP contribution in [0.25, 0.3) is 0 Å². The summed E-state index contributed by atoms with van der Waals surface area (Å²) in [6.45, 7) is 8.65. The van der Waals surface area contributed by atoms with Gasteiger partial charge in [-0.3, -0.25) is 4.68 Å². The summed E-state index contributed by atoms with van der Waals surface area (Å²) in [4.78, 5) is 0. The van der Waals surface area contributed by atoms with Gasteiger partial charge >= 0.3 is 0 Å². The van der Waals surface area contributed by atoms with Crippen LogP contribution in [0.4, 0.5) is 0 Å². The highest BCUT2D eigenvalue weighted by Crippen LogP contribution is 2.29. The van der Waals surface area contributed by atoms with Crippen LogP contribution in [0.3, 0.4) is 0 Å². The van der Waals surface area contributed by atoms with Crippen LogP contribution in [-0.4, -0.2) is 27.3 Å². The minimum Gasteiger partial charge on any atom is -0.311 e. The Hall–Kier alpha value is -0.480. The molecule has 17 heavy (non-hydrogen) atoms. The molecule has 1 rings (SSSR count). The molecular weight excluding hydrogens is 230 g/mol. The summed E-state index contributed by atoms with van der Waals surface area (Å²) in [6.07, 6.45) is 6.60. The zero-order valence-corrected chi connectivity index (χ0v) is 12.5. The molecule has 0 fully saturated rings. The molecule has 1 aromatic rings. The quantitative estimate of drug-likeness (QED) is 0.812. The lowest BCUT2D eigenvalue weighted by Gasteiger charge is -2.30. The average Bonchev–Trinajstić information content (AvgIpc) is 2.67. The van der Waals surface area contributed by atoms with Gasteiger partial charge in [-0.25, -0.2) is 0 Å². The van der Waals surface area contributed by atoms with E-state index in [1.165, 1.54) is 24.1 Å². The monoisotopic (exact) mass is 255 g/mol. The largest absolute Gasteiger partial charge is 0.311 e. The van der Waals surface area contributed by atoms with Crippen molar-refractivity contribution in [1.29, 1.82) is 0 Å². The van der Waals surface area contributed by atoms with E-state index in [9.17, 15) is 0 Å². The van der Waals surface area contributed by atoms with E-state index in [2.05, 4.69) is 37.4 Å². The second-order valence-corrected chi connectivity index (χ2v) is 5.85. The van der Waals surface area contributed by atoms with E-state index in [0.29, 0.717) is 4.75 Å². The van der Waals surface area contributed by atoms with E-state index in [4.69, 9.17) is 0 Å². The van der Waals surface area contributed by atoms with Crippen molar-refractivity contribution < 1.29 is 0 Å². The molecule has 0 atom stereocenters. The summed E-state index contributed by atoms with van der Waals surface area (Å²) in [5.74, 6) is 0. The van der Waals surface area contributed by atoms with Crippen molar-refractivity contribution in [2.75, 3.05) is 12.8 Å². The van der Waals surface area contributed by atoms with Gasteiger partial charge in [-0.1, -0.05) is 13.8 Å². The van der Waals surface area contributed by atoms with Gasteiger partial charge < -0.3 is 5.32 Å². The Morgan fingerprint density at radius 2 is 2.06 bits per heavy atom. The van der Waals surface area contributed by atoms with Crippen molar-refractivity contribution in [2.24, 2.45) is 7.05 Å². The van der Waals surface area contributed by atoms with Crippen molar-refractivity contribution in [3.8, 4) is 0 Å². The first kappa shape index (κ1) is 14.6. The first-order chi connectivity index (χ1) is 8.08. The van der Waals surface area contributed by atoms with Gasteiger partial charge in [0, 0.05) is 36.1 Å². The van der Waals surface area contributed by atoms with Crippen LogP contribution in [0.15, 0.2) is 6.20 Å². The van der Waals surface area contributed by atoms with Crippen molar-refractivity contribution in [3.63, 3.8) is 0 Å². The standard InChI is InChI=1S/C13H25N3S/c1-6-13(7-2,17-5)10-14-8-12-9-15-16(4)11(12)3/h9,14H,6-8,10H2,1-5H3. The molecule has 1 heterocycles. The molecule has 0 aliphatic rings. The highest BCUT2D eigenvalue weighted by atomic mass is 32.2. The Morgan fingerprint density at radius 1 is 1.41 bits per heavy atom. The van der Waals surface area contributed by atoms with E-state index < -0.39 is 0 Å². The Morgan fingerprint density at radius 3 is 2.47 bits per heavy atom. The maximum Gasteiger partial charge on any atom is 0.0537 e. The third-order valence-electron chi connectivity index (χ3n) is 3.82. The minimum atomic E-state index is 0.385. The van der Waals surface area contributed by atoms with Gasteiger partial charge in [0.25, 0.3) is 0 Å². The van der Waals surface area contributed by atoms with Gasteiger partial charge in [-0.2, -0.15) is 16.9 Å². The first-order valence-electron chi connectivity index (χ1n) is 6.32. The topological polar surface area (TPSA) is 29.9 Å². The summed E-state index contributed by atoms with van der Waals surface area (Å²) in [7, 11) is 1.99. The Balaban J connectivity index is 2.49. The summed E-state index contributed by atoms with van der Waals surface area (Å²) in [6, 6.07) is 0. The van der Waals surface area contributed by atoms with E-state index >= 15 is 0 Å². The third kappa shape index (κ3) is 3.49. The van der Waals surface area contributed by atoms with Crippen LogP contribution < -0.4 is 5.32 Å². The molecule has 4 heteroatoms. The predicted octanol–water partition coefficient (Wildman–Crippen LogP) is 2.74. The molecule has 0 aliphatic heterocycles. The van der Waals surface area contributed by atoms with E-state index in [1.54, 1.807) is 0 Å². The maximum absolute atomic E-state index is 4.26. The highest BCUT2D eigenvalue weighted by Gasteiger charge is 2.24. The summed E-state index contributed by atoms with van der Waals surface area (Å²) in [5.41, 5.74) is 2.55. The average molecular weight is 255 g/mol. The van der Waals surface area contributed by atoms with Gasteiger partial charge in [0.05, 0.1) is 6.20 Å². The van der Waals surface area contributed by atoms with Crippen LogP contribution in [0.1, 0.15) is 37.9 Å². The number of thioether (sulfide) groups is 1. The Bertz CT molecular complexity index is 334. The summed E-state index contributed by atoms with van der Waals surface area (Å²) >= 11 is 1.98. The second kappa shape index (κ2) is 6.45. The lowest BCUT2D eigenvalue weighted by Crippen LogP contribution is -2.36. The van der Waals surface area contributed by atoms with Crippen molar-refractivity contribution in [3.05, 3.63) is 17.5 Å². The summed E-state index contributed by atoms with van der Waals surface area (Å²) in [5, 5.41) is 7.84. The Kier molecular flexibility index (Phi) is 5.53. The van der Waals surface area contributed by atoms with Crippen LogP contribution in [0.2, 0.25) is 0 Å². The molecule has 1 N–H and O–H groups in total. The molecule has 0 aliphatic carbocycles. The number of nitrogens with one attached hydrogen (secondary N) is 1. The van der Waals surface area contributed by atoms with E-state index in [1.807, 2.05) is 29.7 Å². The van der Waals surface area contributed by atoms with Crippen molar-refractivity contribution in [2.45, 2.75) is 44.9 Å². The molecule has 0 amide bonds.